The Labute approximate surface area is 163 Å². The number of methoxy groups -OCH3 is 1. The van der Waals surface area contributed by atoms with Crippen molar-refractivity contribution in [2.75, 3.05) is 60.0 Å². The molecule has 2 N–H and O–H groups in total. The molecular weight excluding hydrogens is 421 g/mol. The van der Waals surface area contributed by atoms with E-state index in [0.717, 1.165) is 25.6 Å². The van der Waals surface area contributed by atoms with Crippen LogP contribution in [-0.2, 0) is 9.53 Å². The number of likely N-dealkylation sites (tertiary alicyclic amines) is 1. The van der Waals surface area contributed by atoms with Crippen LogP contribution in [0.25, 0.3) is 0 Å². The van der Waals surface area contributed by atoms with E-state index in [4.69, 9.17) is 4.74 Å². The van der Waals surface area contributed by atoms with Gasteiger partial charge in [-0.05, 0) is 32.9 Å². The van der Waals surface area contributed by atoms with Crippen LogP contribution in [0, 0.1) is 0 Å². The van der Waals surface area contributed by atoms with E-state index < -0.39 is 0 Å². The number of rotatable bonds is 9. The number of hydrogen-bond acceptors (Lipinski definition) is 4. The Balaban J connectivity index is 0.00000529. The van der Waals surface area contributed by atoms with Gasteiger partial charge in [0.2, 0.25) is 5.91 Å². The van der Waals surface area contributed by atoms with Gasteiger partial charge < -0.3 is 20.3 Å². The largest absolute Gasteiger partial charge is 0.383 e. The molecule has 0 aromatic heterocycles. The predicted octanol–water partition coefficient (Wildman–Crippen LogP) is 0.749. The number of amides is 1. The number of carbonyl (C=O) groups excluding carboxylic acids is 1. The fourth-order valence-corrected chi connectivity index (χ4v) is 2.89. The van der Waals surface area contributed by atoms with Crippen LogP contribution in [0.2, 0.25) is 0 Å². The molecule has 0 saturated carbocycles. The first-order valence-corrected chi connectivity index (χ1v) is 8.61. The van der Waals surface area contributed by atoms with Gasteiger partial charge in [0.15, 0.2) is 5.96 Å². The van der Waals surface area contributed by atoms with Gasteiger partial charge in [-0.2, -0.15) is 0 Å². The minimum atomic E-state index is -0.0816. The number of aliphatic imine (C=N–C) groups is 1. The van der Waals surface area contributed by atoms with Gasteiger partial charge in [0.05, 0.1) is 6.61 Å². The SMILES string of the molecule is CCNC(=NCC(=O)NCCOC)N(C)CC1CCCN1CC.I. The number of ether oxygens (including phenoxy) is 1. The van der Waals surface area contributed by atoms with Gasteiger partial charge in [-0.1, -0.05) is 6.92 Å². The quantitative estimate of drug-likeness (QED) is 0.233. The molecule has 8 heteroatoms. The Morgan fingerprint density at radius 1 is 1.38 bits per heavy atom. The summed E-state index contributed by atoms with van der Waals surface area (Å²) in [4.78, 5) is 20.8. The van der Waals surface area contributed by atoms with Gasteiger partial charge in [0.25, 0.3) is 0 Å². The van der Waals surface area contributed by atoms with Crippen molar-refractivity contribution in [2.45, 2.75) is 32.7 Å². The molecule has 24 heavy (non-hydrogen) atoms. The van der Waals surface area contributed by atoms with Crippen LogP contribution >= 0.6 is 24.0 Å². The van der Waals surface area contributed by atoms with Crippen LogP contribution in [0.5, 0.6) is 0 Å². The van der Waals surface area contributed by atoms with Gasteiger partial charge in [-0.3, -0.25) is 9.69 Å². The highest BCUT2D eigenvalue weighted by Gasteiger charge is 2.24. The molecule has 0 radical (unpaired) electrons. The van der Waals surface area contributed by atoms with Gasteiger partial charge in [-0.25, -0.2) is 4.99 Å². The van der Waals surface area contributed by atoms with E-state index in [1.807, 2.05) is 14.0 Å². The minimum absolute atomic E-state index is 0. The molecule has 1 fully saturated rings. The van der Waals surface area contributed by atoms with Crippen LogP contribution < -0.4 is 10.6 Å². The second-order valence-corrected chi connectivity index (χ2v) is 5.82. The summed E-state index contributed by atoms with van der Waals surface area (Å²) in [5.41, 5.74) is 0. The first kappa shape index (κ1) is 23.4. The summed E-state index contributed by atoms with van der Waals surface area (Å²) in [6, 6.07) is 0.574. The normalized spacial score (nSPS) is 18.2. The van der Waals surface area contributed by atoms with Crippen molar-refractivity contribution in [3.05, 3.63) is 0 Å². The molecule has 1 unspecified atom stereocenters. The number of nitrogens with one attached hydrogen (secondary N) is 2. The average molecular weight is 455 g/mol. The van der Waals surface area contributed by atoms with Gasteiger partial charge >= 0.3 is 0 Å². The summed E-state index contributed by atoms with van der Waals surface area (Å²) < 4.78 is 4.91. The fourth-order valence-electron chi connectivity index (χ4n) is 2.89. The monoisotopic (exact) mass is 455 g/mol. The van der Waals surface area contributed by atoms with E-state index in [0.29, 0.717) is 19.2 Å². The number of hydrogen-bond donors (Lipinski definition) is 2. The lowest BCUT2D eigenvalue weighted by Gasteiger charge is -2.29. The minimum Gasteiger partial charge on any atom is -0.383 e. The third kappa shape index (κ3) is 8.48. The Bertz CT molecular complexity index is 381. The zero-order valence-electron chi connectivity index (χ0n) is 15.5. The lowest BCUT2D eigenvalue weighted by Crippen LogP contribution is -2.46. The highest BCUT2D eigenvalue weighted by atomic mass is 127. The van der Waals surface area contributed by atoms with E-state index in [9.17, 15) is 4.79 Å². The molecule has 1 saturated heterocycles. The Morgan fingerprint density at radius 2 is 2.12 bits per heavy atom. The Morgan fingerprint density at radius 3 is 2.75 bits per heavy atom. The fraction of sp³-hybridized carbons (Fsp3) is 0.875. The van der Waals surface area contributed by atoms with E-state index >= 15 is 0 Å². The molecule has 1 aliphatic heterocycles. The second kappa shape index (κ2) is 13.7. The molecule has 1 heterocycles. The van der Waals surface area contributed by atoms with Crippen molar-refractivity contribution < 1.29 is 9.53 Å². The molecule has 0 bridgehead atoms. The van der Waals surface area contributed by atoms with Crippen molar-refractivity contribution in [1.82, 2.24) is 20.4 Å². The number of nitrogens with zero attached hydrogens (tertiary/aromatic N) is 3. The van der Waals surface area contributed by atoms with Crippen LogP contribution in [0.4, 0.5) is 0 Å². The maximum Gasteiger partial charge on any atom is 0.241 e. The zero-order valence-corrected chi connectivity index (χ0v) is 17.8. The summed E-state index contributed by atoms with van der Waals surface area (Å²) in [6.45, 7) is 9.42. The van der Waals surface area contributed by atoms with Crippen LogP contribution in [0.15, 0.2) is 4.99 Å². The molecule has 0 spiro atoms. The first-order valence-electron chi connectivity index (χ1n) is 8.61. The molecule has 1 amide bonds. The Hall–Kier alpha value is -0.610. The molecule has 0 aromatic carbocycles. The molecule has 1 rings (SSSR count). The van der Waals surface area contributed by atoms with E-state index in [-0.39, 0.29) is 36.4 Å². The first-order chi connectivity index (χ1) is 11.1. The van der Waals surface area contributed by atoms with Crippen molar-refractivity contribution in [1.29, 1.82) is 0 Å². The summed E-state index contributed by atoms with van der Waals surface area (Å²) in [6.07, 6.45) is 2.50. The second-order valence-electron chi connectivity index (χ2n) is 5.82. The van der Waals surface area contributed by atoms with Crippen LogP contribution in [-0.4, -0.2) is 87.7 Å². The molecule has 1 atom stereocenters. The molecule has 0 aliphatic carbocycles. The summed E-state index contributed by atoms with van der Waals surface area (Å²) in [5.74, 6) is 0.708. The highest BCUT2D eigenvalue weighted by molar-refractivity contribution is 14.0. The smallest absolute Gasteiger partial charge is 0.241 e. The van der Waals surface area contributed by atoms with E-state index in [2.05, 4.69) is 32.3 Å². The van der Waals surface area contributed by atoms with E-state index in [1.165, 1.54) is 19.4 Å². The van der Waals surface area contributed by atoms with Crippen LogP contribution in [0.1, 0.15) is 26.7 Å². The third-order valence-electron chi connectivity index (χ3n) is 4.09. The molecular formula is C16H34IN5O2. The Kier molecular flexibility index (Phi) is 13.3. The maximum absolute atomic E-state index is 11.8. The number of halogens is 1. The van der Waals surface area contributed by atoms with Gasteiger partial charge in [0.1, 0.15) is 6.54 Å². The summed E-state index contributed by atoms with van der Waals surface area (Å²) in [5, 5.41) is 6.05. The molecule has 142 valence electrons. The standard InChI is InChI=1S/C16H33N5O2.HI/c1-5-17-16(19-12-15(22)18-9-11-23-4)20(3)13-14-8-7-10-21(14)6-2;/h14H,5-13H2,1-4H3,(H,17,19)(H,18,22);1H. The van der Waals surface area contributed by atoms with Gasteiger partial charge in [0, 0.05) is 39.8 Å². The lowest BCUT2D eigenvalue weighted by molar-refractivity contribution is -0.119. The van der Waals surface area contributed by atoms with Crippen molar-refractivity contribution >= 4 is 35.8 Å². The topological polar surface area (TPSA) is 69.2 Å². The number of likely N-dealkylation sites (N-methyl/N-ethyl adjacent to an activating group) is 2. The summed E-state index contributed by atoms with van der Waals surface area (Å²) in [7, 11) is 3.65. The predicted molar refractivity (Wildman–Crippen MR) is 109 cm³/mol. The maximum atomic E-state index is 11.8. The summed E-state index contributed by atoms with van der Waals surface area (Å²) >= 11 is 0. The van der Waals surface area contributed by atoms with Crippen molar-refractivity contribution in [3.8, 4) is 0 Å². The third-order valence-corrected chi connectivity index (χ3v) is 4.09. The van der Waals surface area contributed by atoms with Crippen molar-refractivity contribution in [2.24, 2.45) is 4.99 Å². The van der Waals surface area contributed by atoms with Crippen LogP contribution in [0.3, 0.4) is 0 Å². The average Bonchev–Trinajstić information content (AvgIpc) is 2.98. The highest BCUT2D eigenvalue weighted by Crippen LogP contribution is 2.17. The lowest BCUT2D eigenvalue weighted by atomic mass is 10.2. The molecule has 7 nitrogen and oxygen atoms in total. The van der Waals surface area contributed by atoms with E-state index in [1.54, 1.807) is 7.11 Å². The van der Waals surface area contributed by atoms with Gasteiger partial charge in [-0.15, -0.1) is 24.0 Å². The zero-order chi connectivity index (χ0) is 17.1. The molecule has 0 aromatic rings. The number of guanidine groups is 1. The number of carbonyl (C=O) groups is 1. The molecule has 1 aliphatic rings. The van der Waals surface area contributed by atoms with Crippen molar-refractivity contribution in [3.63, 3.8) is 0 Å².